The summed E-state index contributed by atoms with van der Waals surface area (Å²) in [5.41, 5.74) is 14.8. The van der Waals surface area contributed by atoms with Crippen molar-refractivity contribution in [2.45, 2.75) is 51.6 Å². The van der Waals surface area contributed by atoms with Crippen LogP contribution in [0.5, 0.6) is 0 Å². The maximum Gasteiger partial charge on any atom is 0.213 e. The fourth-order valence-electron chi connectivity index (χ4n) is 9.93. The number of benzene rings is 5. The van der Waals surface area contributed by atoms with Crippen molar-refractivity contribution in [3.63, 3.8) is 0 Å². The minimum Gasteiger partial charge on any atom is -0.308 e. The summed E-state index contributed by atoms with van der Waals surface area (Å²) in [6.07, 6.45) is 4.69. The van der Waals surface area contributed by atoms with E-state index in [-0.39, 0.29) is 17.4 Å². The second kappa shape index (κ2) is 9.84. The molecule has 52 heavy (non-hydrogen) atoms. The number of aromatic nitrogens is 3. The molecule has 0 fully saturated rings. The third kappa shape index (κ3) is 3.65. The standard InChI is InChI=1S/C48H37N3S/c1-27-16-17-40-37(21-27)44-46-34(24-36-31-13-7-8-15-43(31)52-47(36)44)33-23-32-35(25-42(33)51(40)46)45-38(26-49-20-18-28(22-41(32)49)48(2,3)4)29-11-5-6-12-30(29)39-14-9-10-19-50(39)45/h5-25,38,45H,26H2,1-4H3/q+2. The van der Waals surface area contributed by atoms with E-state index in [9.17, 15) is 0 Å². The van der Waals surface area contributed by atoms with Crippen LogP contribution in [-0.2, 0) is 12.0 Å². The van der Waals surface area contributed by atoms with Gasteiger partial charge in [-0.15, -0.1) is 11.3 Å². The minimum absolute atomic E-state index is 0.0338. The minimum atomic E-state index is 0.0338. The summed E-state index contributed by atoms with van der Waals surface area (Å²) >= 11 is 1.94. The predicted molar refractivity (Wildman–Crippen MR) is 216 cm³/mol. The maximum absolute atomic E-state index is 2.60. The smallest absolute Gasteiger partial charge is 0.213 e. The van der Waals surface area contributed by atoms with Crippen LogP contribution in [0.25, 0.3) is 80.8 Å². The summed E-state index contributed by atoms with van der Waals surface area (Å²) in [6.45, 7) is 10.1. The number of aryl methyl sites for hydroxylation is 1. The van der Waals surface area contributed by atoms with Crippen molar-refractivity contribution < 1.29 is 9.13 Å². The Kier molecular flexibility index (Phi) is 5.50. The number of thiophene rings is 1. The lowest BCUT2D eigenvalue weighted by Gasteiger charge is -2.28. The molecular weight excluding hydrogens is 651 g/mol. The summed E-state index contributed by atoms with van der Waals surface area (Å²) < 4.78 is 10.5. The molecule has 0 N–H and O–H groups in total. The Balaban J connectivity index is 1.28. The normalized spacial score (nSPS) is 16.8. The van der Waals surface area contributed by atoms with Crippen LogP contribution in [-0.4, -0.2) is 4.40 Å². The summed E-state index contributed by atoms with van der Waals surface area (Å²) in [7, 11) is 0. The molecule has 0 radical (unpaired) electrons. The molecule has 0 bridgehead atoms. The van der Waals surface area contributed by atoms with Gasteiger partial charge in [-0.05, 0) is 72.0 Å². The lowest BCUT2D eigenvalue weighted by molar-refractivity contribution is -0.731. The van der Waals surface area contributed by atoms with Gasteiger partial charge < -0.3 is 4.40 Å². The van der Waals surface area contributed by atoms with Crippen molar-refractivity contribution in [2.24, 2.45) is 0 Å². The summed E-state index contributed by atoms with van der Waals surface area (Å²) in [5, 5.41) is 8.15. The first-order valence-corrected chi connectivity index (χ1v) is 19.4. The van der Waals surface area contributed by atoms with E-state index in [2.05, 4.69) is 169 Å². The highest BCUT2D eigenvalue weighted by Crippen LogP contribution is 2.51. The molecule has 0 saturated heterocycles. The van der Waals surface area contributed by atoms with E-state index >= 15 is 0 Å². The van der Waals surface area contributed by atoms with E-state index < -0.39 is 0 Å². The summed E-state index contributed by atoms with van der Waals surface area (Å²) in [4.78, 5) is 0. The van der Waals surface area contributed by atoms with Crippen LogP contribution in [0.3, 0.4) is 0 Å². The van der Waals surface area contributed by atoms with Gasteiger partial charge in [-0.25, -0.2) is 0 Å². The zero-order chi connectivity index (χ0) is 34.6. The largest absolute Gasteiger partial charge is 0.308 e. The quantitative estimate of drug-likeness (QED) is 0.141. The number of rotatable bonds is 0. The van der Waals surface area contributed by atoms with Crippen LogP contribution in [0, 0.1) is 6.92 Å². The third-order valence-electron chi connectivity index (χ3n) is 12.3. The first-order chi connectivity index (χ1) is 25.3. The fourth-order valence-corrected chi connectivity index (χ4v) is 11.2. The van der Waals surface area contributed by atoms with Gasteiger partial charge in [0.15, 0.2) is 25.0 Å². The molecule has 0 spiro atoms. The Morgan fingerprint density at radius 3 is 2.40 bits per heavy atom. The molecule has 12 rings (SSSR count). The van der Waals surface area contributed by atoms with Crippen molar-refractivity contribution in [3.05, 3.63) is 150 Å². The average molecular weight is 688 g/mol. The van der Waals surface area contributed by atoms with Crippen molar-refractivity contribution in [1.82, 2.24) is 4.40 Å². The Labute approximate surface area is 306 Å². The number of pyridine rings is 2. The van der Waals surface area contributed by atoms with Gasteiger partial charge >= 0.3 is 0 Å². The van der Waals surface area contributed by atoms with Crippen LogP contribution < -0.4 is 9.13 Å². The monoisotopic (exact) mass is 687 g/mol. The van der Waals surface area contributed by atoms with E-state index in [1.165, 1.54) is 103 Å². The van der Waals surface area contributed by atoms with E-state index in [0.717, 1.165) is 6.54 Å². The molecule has 4 heteroatoms. The van der Waals surface area contributed by atoms with Crippen LogP contribution >= 0.6 is 11.3 Å². The molecule has 2 aliphatic rings. The zero-order valence-corrected chi connectivity index (χ0v) is 30.6. The Morgan fingerprint density at radius 1 is 0.654 bits per heavy atom. The molecule has 5 aromatic carbocycles. The molecule has 7 heterocycles. The first-order valence-electron chi connectivity index (χ1n) is 18.5. The molecule has 2 unspecified atom stereocenters. The van der Waals surface area contributed by atoms with Crippen molar-refractivity contribution in [3.8, 4) is 22.5 Å². The SMILES string of the molecule is Cc1ccc2c(c1)c1c3sc4ccccc4c3cc3c4cc5c(cc4n2c31)C1C(C[n+]2ccc(C(C)(C)C)cc2-5)c2ccccc2-c2cccc[n+]21. The number of nitrogens with zero attached hydrogens (tertiary/aromatic N) is 3. The number of hydrogen-bond acceptors (Lipinski definition) is 1. The van der Waals surface area contributed by atoms with Crippen molar-refractivity contribution >= 4 is 69.6 Å². The van der Waals surface area contributed by atoms with Crippen LogP contribution in [0.4, 0.5) is 0 Å². The van der Waals surface area contributed by atoms with Gasteiger partial charge in [0.25, 0.3) is 0 Å². The van der Waals surface area contributed by atoms with Gasteiger partial charge in [-0.2, -0.15) is 9.13 Å². The second-order valence-electron chi connectivity index (χ2n) is 16.3. The van der Waals surface area contributed by atoms with Crippen molar-refractivity contribution in [2.75, 3.05) is 0 Å². The lowest BCUT2D eigenvalue weighted by Crippen LogP contribution is -2.50. The Morgan fingerprint density at radius 2 is 1.50 bits per heavy atom. The van der Waals surface area contributed by atoms with E-state index in [1.807, 2.05) is 11.3 Å². The highest BCUT2D eigenvalue weighted by Gasteiger charge is 2.47. The molecule has 10 aromatic rings. The highest BCUT2D eigenvalue weighted by molar-refractivity contribution is 7.26. The molecule has 5 aromatic heterocycles. The molecule has 0 aliphatic carbocycles. The first kappa shape index (κ1) is 29.0. The molecule has 2 aliphatic heterocycles. The Hall–Kier alpha value is -5.58. The second-order valence-corrected chi connectivity index (χ2v) is 17.3. The zero-order valence-electron chi connectivity index (χ0n) is 29.7. The topological polar surface area (TPSA) is 12.2 Å². The van der Waals surface area contributed by atoms with Crippen LogP contribution in [0.1, 0.15) is 55.0 Å². The summed E-state index contributed by atoms with van der Waals surface area (Å²) in [5.74, 6) is 0.268. The van der Waals surface area contributed by atoms with Gasteiger partial charge in [0, 0.05) is 71.5 Å². The molecular formula is C48H37N3S+2. The molecule has 0 saturated carbocycles. The number of hydrogen-bond donors (Lipinski definition) is 0. The van der Waals surface area contributed by atoms with E-state index in [0.29, 0.717) is 0 Å². The van der Waals surface area contributed by atoms with E-state index in [1.54, 1.807) is 0 Å². The highest BCUT2D eigenvalue weighted by atomic mass is 32.1. The molecule has 2 atom stereocenters. The summed E-state index contributed by atoms with van der Waals surface area (Å²) in [6, 6.07) is 44.5. The molecule has 248 valence electrons. The van der Waals surface area contributed by atoms with Crippen LogP contribution in [0.15, 0.2) is 128 Å². The maximum atomic E-state index is 2.60. The van der Waals surface area contributed by atoms with Crippen LogP contribution in [0.2, 0.25) is 0 Å². The molecule has 0 amide bonds. The van der Waals surface area contributed by atoms with Gasteiger partial charge in [0.1, 0.15) is 5.92 Å². The van der Waals surface area contributed by atoms with E-state index in [4.69, 9.17) is 0 Å². The average Bonchev–Trinajstić information content (AvgIpc) is 3.76. The number of fused-ring (bicyclic) bond motifs is 20. The van der Waals surface area contributed by atoms with Gasteiger partial charge in [-0.3, -0.25) is 0 Å². The Bertz CT molecular complexity index is 3170. The van der Waals surface area contributed by atoms with Gasteiger partial charge in [0.05, 0.1) is 27.7 Å². The predicted octanol–water partition coefficient (Wildman–Crippen LogP) is 11.4. The van der Waals surface area contributed by atoms with Gasteiger partial charge in [-0.1, -0.05) is 68.8 Å². The fraction of sp³-hybridized carbons (Fsp3) is 0.167. The lowest BCUT2D eigenvalue weighted by atomic mass is 9.79. The molecule has 3 nitrogen and oxygen atoms in total. The van der Waals surface area contributed by atoms with Gasteiger partial charge in [0.2, 0.25) is 11.4 Å². The third-order valence-corrected chi connectivity index (χ3v) is 13.5. The van der Waals surface area contributed by atoms with Crippen molar-refractivity contribution in [1.29, 1.82) is 0 Å².